The number of fused-ring (bicyclic) bond motifs is 2. The first-order chi connectivity index (χ1) is 15.4. The molecule has 0 spiro atoms. The topological polar surface area (TPSA) is 110 Å². The number of H-pyrrole nitrogens is 1. The van der Waals surface area contributed by atoms with Crippen molar-refractivity contribution < 1.29 is 19.8 Å². The second-order valence-corrected chi connectivity index (χ2v) is 7.73. The lowest BCUT2D eigenvalue weighted by molar-refractivity contribution is -0.0542. The van der Waals surface area contributed by atoms with Gasteiger partial charge in [-0.15, -0.1) is 0 Å². The number of rotatable bonds is 4. The van der Waals surface area contributed by atoms with E-state index in [1.165, 1.54) is 11.9 Å². The molecule has 4 aromatic rings. The lowest BCUT2D eigenvalue weighted by atomic mass is 9.93. The Morgan fingerprint density at radius 1 is 1.09 bits per heavy atom. The summed E-state index contributed by atoms with van der Waals surface area (Å²) in [7, 11) is 1.39. The molecule has 32 heavy (non-hydrogen) atoms. The van der Waals surface area contributed by atoms with Gasteiger partial charge >= 0.3 is 6.09 Å². The minimum atomic E-state index is -1.69. The van der Waals surface area contributed by atoms with Crippen LogP contribution in [-0.4, -0.2) is 44.1 Å². The summed E-state index contributed by atoms with van der Waals surface area (Å²) >= 11 is 0. The molecule has 8 nitrogen and oxygen atoms in total. The van der Waals surface area contributed by atoms with E-state index < -0.39 is 11.8 Å². The van der Waals surface area contributed by atoms with E-state index in [2.05, 4.69) is 9.97 Å². The maximum atomic E-state index is 13.3. The molecule has 3 N–H and O–H groups in total. The second kappa shape index (κ2) is 7.21. The highest BCUT2D eigenvalue weighted by Gasteiger charge is 2.49. The first-order valence-electron chi connectivity index (χ1n) is 10.0. The predicted octanol–water partition coefficient (Wildman–Crippen LogP) is 3.53. The number of carboxylic acid groups (broad SMARTS) is 1. The van der Waals surface area contributed by atoms with Crippen molar-refractivity contribution in [2.45, 2.75) is 12.3 Å². The number of benzene rings is 3. The van der Waals surface area contributed by atoms with Crippen molar-refractivity contribution in [3.8, 4) is 0 Å². The van der Waals surface area contributed by atoms with Crippen molar-refractivity contribution in [2.24, 2.45) is 0 Å². The molecule has 1 aliphatic rings. The highest BCUT2D eigenvalue weighted by Crippen LogP contribution is 2.43. The predicted molar refractivity (Wildman–Crippen MR) is 118 cm³/mol. The van der Waals surface area contributed by atoms with Gasteiger partial charge < -0.3 is 15.2 Å². The molecule has 0 saturated heterocycles. The summed E-state index contributed by atoms with van der Waals surface area (Å²) in [6.45, 7) is 0.221. The minimum absolute atomic E-state index is 0.167. The van der Waals surface area contributed by atoms with Crippen molar-refractivity contribution in [1.82, 2.24) is 14.9 Å². The monoisotopic (exact) mass is 428 g/mol. The summed E-state index contributed by atoms with van der Waals surface area (Å²) in [6.07, 6.45) is -1.15. The van der Waals surface area contributed by atoms with E-state index in [0.29, 0.717) is 27.7 Å². The number of hydrogen-bond donors (Lipinski definition) is 3. The first kappa shape index (κ1) is 19.8. The van der Waals surface area contributed by atoms with Gasteiger partial charge in [-0.3, -0.25) is 14.6 Å². The Morgan fingerprint density at radius 2 is 1.81 bits per heavy atom. The van der Waals surface area contributed by atoms with Gasteiger partial charge in [-0.05, 0) is 23.8 Å². The Bertz CT molecular complexity index is 1350. The number of carbonyl (C=O) groups is 2. The molecule has 0 saturated carbocycles. The quantitative estimate of drug-likeness (QED) is 0.461. The molecule has 3 aromatic carbocycles. The molecular weight excluding hydrogens is 408 g/mol. The van der Waals surface area contributed by atoms with Crippen LogP contribution in [0.3, 0.4) is 0 Å². The van der Waals surface area contributed by atoms with Crippen LogP contribution < -0.4 is 4.90 Å². The van der Waals surface area contributed by atoms with Gasteiger partial charge in [0.05, 0.1) is 11.0 Å². The van der Waals surface area contributed by atoms with Gasteiger partial charge in [-0.1, -0.05) is 54.6 Å². The SMILES string of the molecule is CN(C(=O)O)c1nc2ccc(C3(O)c4ccccc4C(=O)N3Cc3ccccc3)cc2[nH]1. The molecule has 1 unspecified atom stereocenters. The van der Waals surface area contributed by atoms with Gasteiger partial charge in [0, 0.05) is 30.3 Å². The summed E-state index contributed by atoms with van der Waals surface area (Å²) in [5.41, 5.74) is 1.72. The molecule has 8 heteroatoms. The van der Waals surface area contributed by atoms with Gasteiger partial charge in [0.15, 0.2) is 5.72 Å². The van der Waals surface area contributed by atoms with Gasteiger partial charge in [0.2, 0.25) is 5.95 Å². The van der Waals surface area contributed by atoms with Crippen molar-refractivity contribution >= 4 is 29.0 Å². The lowest BCUT2D eigenvalue weighted by Gasteiger charge is -2.35. The number of nitrogens with zero attached hydrogens (tertiary/aromatic N) is 3. The number of aromatic amines is 1. The molecule has 1 aliphatic heterocycles. The zero-order valence-corrected chi connectivity index (χ0v) is 17.2. The van der Waals surface area contributed by atoms with Gasteiger partial charge in [-0.25, -0.2) is 9.78 Å². The third-order valence-electron chi connectivity index (χ3n) is 5.83. The van der Waals surface area contributed by atoms with E-state index in [9.17, 15) is 19.8 Å². The van der Waals surface area contributed by atoms with Crippen molar-refractivity contribution in [3.05, 3.63) is 95.1 Å². The molecule has 2 amide bonds. The van der Waals surface area contributed by atoms with Crippen LogP contribution in [0.2, 0.25) is 0 Å². The summed E-state index contributed by atoms with van der Waals surface area (Å²) in [5, 5.41) is 21.3. The van der Waals surface area contributed by atoms with Crippen molar-refractivity contribution in [2.75, 3.05) is 11.9 Å². The number of hydrogen-bond acceptors (Lipinski definition) is 4. The summed E-state index contributed by atoms with van der Waals surface area (Å²) < 4.78 is 0. The molecule has 0 aliphatic carbocycles. The van der Waals surface area contributed by atoms with E-state index in [0.717, 1.165) is 10.5 Å². The summed E-state index contributed by atoms with van der Waals surface area (Å²) in [5.74, 6) is -0.0939. The van der Waals surface area contributed by atoms with Crippen LogP contribution in [0, 0.1) is 0 Å². The Kier molecular flexibility index (Phi) is 4.45. The number of carbonyl (C=O) groups excluding carboxylic acids is 1. The average Bonchev–Trinajstić information content (AvgIpc) is 3.33. The fraction of sp³-hybridized carbons (Fsp3) is 0.125. The normalized spacial score (nSPS) is 17.6. The van der Waals surface area contributed by atoms with Crippen LogP contribution in [0.25, 0.3) is 11.0 Å². The first-order valence-corrected chi connectivity index (χ1v) is 10.0. The number of imidazole rings is 1. The van der Waals surface area contributed by atoms with E-state index in [-0.39, 0.29) is 18.4 Å². The van der Waals surface area contributed by atoms with Gasteiger partial charge in [0.25, 0.3) is 5.91 Å². The molecule has 2 heterocycles. The number of anilines is 1. The third kappa shape index (κ3) is 2.92. The molecule has 1 atom stereocenters. The Balaban J connectivity index is 1.65. The smallest absolute Gasteiger partial charge is 0.413 e. The van der Waals surface area contributed by atoms with E-state index in [1.54, 1.807) is 42.5 Å². The fourth-order valence-electron chi connectivity index (χ4n) is 4.14. The molecule has 0 radical (unpaired) electrons. The Morgan fingerprint density at radius 3 is 2.56 bits per heavy atom. The minimum Gasteiger partial charge on any atom is -0.465 e. The zero-order valence-electron chi connectivity index (χ0n) is 17.2. The van der Waals surface area contributed by atoms with Crippen LogP contribution in [0.1, 0.15) is 27.0 Å². The third-order valence-corrected chi connectivity index (χ3v) is 5.83. The van der Waals surface area contributed by atoms with Crippen LogP contribution in [0.5, 0.6) is 0 Å². The average molecular weight is 428 g/mol. The van der Waals surface area contributed by atoms with Crippen LogP contribution in [0.4, 0.5) is 10.7 Å². The molecule has 160 valence electrons. The van der Waals surface area contributed by atoms with Crippen molar-refractivity contribution in [1.29, 1.82) is 0 Å². The van der Waals surface area contributed by atoms with Crippen molar-refractivity contribution in [3.63, 3.8) is 0 Å². The molecule has 1 aromatic heterocycles. The molecule has 0 bridgehead atoms. The second-order valence-electron chi connectivity index (χ2n) is 7.73. The Labute approximate surface area is 183 Å². The van der Waals surface area contributed by atoms with Crippen LogP contribution in [-0.2, 0) is 12.3 Å². The highest BCUT2D eigenvalue weighted by atomic mass is 16.4. The maximum absolute atomic E-state index is 13.3. The largest absolute Gasteiger partial charge is 0.465 e. The van der Waals surface area contributed by atoms with E-state index in [1.807, 2.05) is 30.3 Å². The number of aliphatic hydroxyl groups is 1. The summed E-state index contributed by atoms with van der Waals surface area (Å²) in [4.78, 5) is 34.3. The fourth-order valence-corrected chi connectivity index (χ4v) is 4.14. The standard InChI is InChI=1S/C24H20N4O4/c1-27(23(30)31)22-25-19-12-11-16(13-20(19)26-22)24(32)18-10-6-5-9-17(18)21(29)28(24)14-15-7-3-2-4-8-15/h2-13,32H,14H2,1H3,(H,25,26)(H,30,31). The summed E-state index contributed by atoms with van der Waals surface area (Å²) in [6, 6.07) is 21.6. The molecular formula is C24H20N4O4. The number of nitrogens with one attached hydrogen (secondary N) is 1. The molecule has 0 fully saturated rings. The Hall–Kier alpha value is -4.17. The lowest BCUT2D eigenvalue weighted by Crippen LogP contribution is -2.44. The van der Waals surface area contributed by atoms with Gasteiger partial charge in [0.1, 0.15) is 0 Å². The molecule has 5 rings (SSSR count). The maximum Gasteiger partial charge on any atom is 0.413 e. The van der Waals surface area contributed by atoms with Crippen LogP contribution in [0.15, 0.2) is 72.8 Å². The van der Waals surface area contributed by atoms with Crippen LogP contribution >= 0.6 is 0 Å². The zero-order chi connectivity index (χ0) is 22.5. The number of amides is 2. The van der Waals surface area contributed by atoms with Gasteiger partial charge in [-0.2, -0.15) is 0 Å². The van der Waals surface area contributed by atoms with E-state index in [4.69, 9.17) is 0 Å². The highest BCUT2D eigenvalue weighted by molar-refractivity contribution is 6.00. The van der Waals surface area contributed by atoms with E-state index >= 15 is 0 Å². The number of aromatic nitrogens is 2.